The van der Waals surface area contributed by atoms with Gasteiger partial charge in [-0.05, 0) is 49.6 Å². The molecule has 2 heterocycles. The summed E-state index contributed by atoms with van der Waals surface area (Å²) in [5.74, 6) is -0.267. The molecule has 0 spiro atoms. The minimum atomic E-state index is -3.75. The van der Waals surface area contributed by atoms with E-state index in [0.29, 0.717) is 31.9 Å². The maximum Gasteiger partial charge on any atom is 0.264 e. The van der Waals surface area contributed by atoms with Gasteiger partial charge in [-0.3, -0.25) is 14.0 Å². The standard InChI is InChI=1S/C23H29N3O4S/c1-18(25-12-14-30-15-13-25)17-24-23(27)20-7-4-9-21(16-20)31(28,29)26-11-5-8-19-6-2-3-10-22(19)26/h2-4,6-7,9-10,16,18H,5,8,11-15,17H2,1H3,(H,24,27). The van der Waals surface area contributed by atoms with E-state index in [-0.39, 0.29) is 16.8 Å². The molecule has 7 nitrogen and oxygen atoms in total. The highest BCUT2D eigenvalue weighted by molar-refractivity contribution is 7.92. The largest absolute Gasteiger partial charge is 0.379 e. The van der Waals surface area contributed by atoms with Gasteiger partial charge in [0.15, 0.2) is 0 Å². The van der Waals surface area contributed by atoms with Gasteiger partial charge in [0.1, 0.15) is 0 Å². The summed E-state index contributed by atoms with van der Waals surface area (Å²) in [7, 11) is -3.75. The quantitative estimate of drug-likeness (QED) is 0.741. The molecular weight excluding hydrogens is 414 g/mol. The van der Waals surface area contributed by atoms with Gasteiger partial charge >= 0.3 is 0 Å². The lowest BCUT2D eigenvalue weighted by Gasteiger charge is -2.32. The minimum absolute atomic E-state index is 0.137. The normalized spacial score (nSPS) is 18.3. The van der Waals surface area contributed by atoms with Crippen LogP contribution in [0.3, 0.4) is 0 Å². The highest BCUT2D eigenvalue weighted by Gasteiger charge is 2.29. The Kier molecular flexibility index (Phi) is 6.60. The average molecular weight is 444 g/mol. The number of carbonyl (C=O) groups excluding carboxylic acids is 1. The van der Waals surface area contributed by atoms with Crippen LogP contribution in [-0.2, 0) is 21.2 Å². The van der Waals surface area contributed by atoms with Crippen LogP contribution < -0.4 is 9.62 Å². The second kappa shape index (κ2) is 9.38. The van der Waals surface area contributed by atoms with Crippen molar-refractivity contribution in [3.05, 3.63) is 59.7 Å². The zero-order valence-electron chi connectivity index (χ0n) is 17.8. The van der Waals surface area contributed by atoms with Gasteiger partial charge in [0.2, 0.25) is 0 Å². The van der Waals surface area contributed by atoms with E-state index in [1.165, 1.54) is 10.4 Å². The molecule has 4 rings (SSSR count). The number of aryl methyl sites for hydroxylation is 1. The van der Waals surface area contributed by atoms with E-state index in [9.17, 15) is 13.2 Å². The molecule has 1 amide bonds. The number of nitrogens with zero attached hydrogens (tertiary/aromatic N) is 2. The molecule has 2 aromatic carbocycles. The summed E-state index contributed by atoms with van der Waals surface area (Å²) < 4.78 is 33.6. The predicted molar refractivity (Wildman–Crippen MR) is 120 cm³/mol. The summed E-state index contributed by atoms with van der Waals surface area (Å²) in [6.45, 7) is 6.11. The Bertz CT molecular complexity index is 1030. The van der Waals surface area contributed by atoms with Gasteiger partial charge < -0.3 is 10.1 Å². The molecule has 0 bridgehead atoms. The van der Waals surface area contributed by atoms with Gasteiger partial charge in [0.05, 0.1) is 23.8 Å². The Balaban J connectivity index is 1.48. The van der Waals surface area contributed by atoms with E-state index in [0.717, 1.165) is 37.2 Å². The number of benzene rings is 2. The van der Waals surface area contributed by atoms with Crippen molar-refractivity contribution in [1.29, 1.82) is 0 Å². The molecule has 1 fully saturated rings. The van der Waals surface area contributed by atoms with Crippen molar-refractivity contribution in [2.75, 3.05) is 43.7 Å². The molecule has 166 valence electrons. The molecule has 0 aromatic heterocycles. The number of anilines is 1. The lowest BCUT2D eigenvalue weighted by molar-refractivity contribution is 0.0204. The molecule has 8 heteroatoms. The predicted octanol–water partition coefficient (Wildman–Crippen LogP) is 2.28. The van der Waals surface area contributed by atoms with Gasteiger partial charge in [-0.15, -0.1) is 0 Å². The first-order chi connectivity index (χ1) is 15.0. The molecule has 1 N–H and O–H groups in total. The Morgan fingerprint density at radius 3 is 2.68 bits per heavy atom. The van der Waals surface area contributed by atoms with Crippen molar-refractivity contribution in [3.63, 3.8) is 0 Å². The van der Waals surface area contributed by atoms with Crippen LogP contribution in [0.4, 0.5) is 5.69 Å². The van der Waals surface area contributed by atoms with Gasteiger partial charge in [-0.2, -0.15) is 0 Å². The highest BCUT2D eigenvalue weighted by atomic mass is 32.2. The van der Waals surface area contributed by atoms with Crippen LogP contribution in [0.5, 0.6) is 0 Å². The van der Waals surface area contributed by atoms with Crippen LogP contribution in [0.15, 0.2) is 53.4 Å². The van der Waals surface area contributed by atoms with E-state index in [1.807, 2.05) is 24.3 Å². The van der Waals surface area contributed by atoms with Crippen molar-refractivity contribution in [1.82, 2.24) is 10.2 Å². The topological polar surface area (TPSA) is 79.0 Å². The molecule has 2 aliphatic rings. The number of hydrogen-bond donors (Lipinski definition) is 1. The highest BCUT2D eigenvalue weighted by Crippen LogP contribution is 2.31. The van der Waals surface area contributed by atoms with Crippen molar-refractivity contribution < 1.29 is 17.9 Å². The van der Waals surface area contributed by atoms with Crippen LogP contribution in [0.1, 0.15) is 29.3 Å². The van der Waals surface area contributed by atoms with E-state index >= 15 is 0 Å². The number of rotatable bonds is 6. The van der Waals surface area contributed by atoms with E-state index < -0.39 is 10.0 Å². The minimum Gasteiger partial charge on any atom is -0.379 e. The van der Waals surface area contributed by atoms with Crippen LogP contribution >= 0.6 is 0 Å². The molecule has 0 saturated carbocycles. The van der Waals surface area contributed by atoms with Crippen molar-refractivity contribution in [2.45, 2.75) is 30.7 Å². The van der Waals surface area contributed by atoms with Crippen molar-refractivity contribution in [2.24, 2.45) is 0 Å². The summed E-state index contributed by atoms with van der Waals surface area (Å²) >= 11 is 0. The number of morpholine rings is 1. The van der Waals surface area contributed by atoms with Crippen LogP contribution in [-0.4, -0.2) is 64.7 Å². The average Bonchev–Trinajstić information content (AvgIpc) is 2.82. The van der Waals surface area contributed by atoms with Crippen LogP contribution in [0.2, 0.25) is 0 Å². The fourth-order valence-electron chi connectivity index (χ4n) is 4.16. The third kappa shape index (κ3) is 4.76. The maximum absolute atomic E-state index is 13.4. The van der Waals surface area contributed by atoms with E-state index in [2.05, 4.69) is 17.1 Å². The SMILES string of the molecule is CC(CNC(=O)c1cccc(S(=O)(=O)N2CCCc3ccccc32)c1)N1CCOCC1. The number of para-hydroxylation sites is 1. The van der Waals surface area contributed by atoms with E-state index in [1.54, 1.807) is 18.2 Å². The van der Waals surface area contributed by atoms with Crippen molar-refractivity contribution in [3.8, 4) is 0 Å². The zero-order chi connectivity index (χ0) is 21.8. The smallest absolute Gasteiger partial charge is 0.264 e. The number of nitrogens with one attached hydrogen (secondary N) is 1. The fourth-order valence-corrected chi connectivity index (χ4v) is 5.75. The first-order valence-corrected chi connectivity index (χ1v) is 12.2. The Morgan fingerprint density at radius 1 is 1.10 bits per heavy atom. The number of fused-ring (bicyclic) bond motifs is 1. The lowest BCUT2D eigenvalue weighted by Crippen LogP contribution is -2.47. The second-order valence-corrected chi connectivity index (χ2v) is 9.91. The Morgan fingerprint density at radius 2 is 1.87 bits per heavy atom. The van der Waals surface area contributed by atoms with Gasteiger partial charge in [-0.25, -0.2) is 8.42 Å². The number of sulfonamides is 1. The summed E-state index contributed by atoms with van der Waals surface area (Å²) in [4.78, 5) is 15.1. The monoisotopic (exact) mass is 443 g/mol. The molecule has 31 heavy (non-hydrogen) atoms. The number of carbonyl (C=O) groups is 1. The van der Waals surface area contributed by atoms with Gasteiger partial charge in [0.25, 0.3) is 15.9 Å². The maximum atomic E-state index is 13.4. The Hall–Kier alpha value is -2.42. The van der Waals surface area contributed by atoms with E-state index in [4.69, 9.17) is 4.74 Å². The first-order valence-electron chi connectivity index (χ1n) is 10.8. The first kappa shape index (κ1) is 21.8. The molecule has 2 aliphatic heterocycles. The van der Waals surface area contributed by atoms with Gasteiger partial charge in [0, 0.05) is 37.8 Å². The van der Waals surface area contributed by atoms with Crippen LogP contribution in [0.25, 0.3) is 0 Å². The number of amides is 1. The van der Waals surface area contributed by atoms with Crippen molar-refractivity contribution >= 4 is 21.6 Å². The Labute approximate surface area is 184 Å². The summed E-state index contributed by atoms with van der Waals surface area (Å²) in [6, 6.07) is 14.1. The fraction of sp³-hybridized carbons (Fsp3) is 0.435. The molecular formula is C23H29N3O4S. The van der Waals surface area contributed by atoms with Crippen LogP contribution in [0, 0.1) is 0 Å². The zero-order valence-corrected chi connectivity index (χ0v) is 18.6. The molecule has 1 atom stereocenters. The second-order valence-electron chi connectivity index (χ2n) is 8.04. The number of hydrogen-bond acceptors (Lipinski definition) is 5. The summed E-state index contributed by atoms with van der Waals surface area (Å²) in [6.07, 6.45) is 1.64. The molecule has 2 aromatic rings. The van der Waals surface area contributed by atoms with Gasteiger partial charge in [-0.1, -0.05) is 24.3 Å². The number of ether oxygens (including phenoxy) is 1. The molecule has 0 radical (unpaired) electrons. The third-order valence-corrected chi connectivity index (χ3v) is 7.79. The summed E-state index contributed by atoms with van der Waals surface area (Å²) in [5.41, 5.74) is 2.10. The lowest BCUT2D eigenvalue weighted by atomic mass is 10.0. The third-order valence-electron chi connectivity index (χ3n) is 5.98. The molecule has 1 unspecified atom stereocenters. The summed E-state index contributed by atoms with van der Waals surface area (Å²) in [5, 5.41) is 2.94. The molecule has 1 saturated heterocycles. The molecule has 0 aliphatic carbocycles.